The molecule has 19 heavy (non-hydrogen) atoms. The number of anilines is 1. The molecule has 3 rings (SSSR count). The molecule has 0 amide bonds. The van der Waals surface area contributed by atoms with Crippen molar-refractivity contribution in [2.75, 3.05) is 11.9 Å². The largest absolute Gasteiger partial charge is 0.508 e. The van der Waals surface area contributed by atoms with Crippen LogP contribution in [0.5, 0.6) is 5.75 Å². The Bertz CT molecular complexity index is 562. The Hall–Kier alpha value is -1.77. The lowest BCUT2D eigenvalue weighted by Gasteiger charge is -2.12. The van der Waals surface area contributed by atoms with E-state index < -0.39 is 0 Å². The number of nitrogens with zero attached hydrogens (tertiary/aromatic N) is 1. The number of aromatic hydroxyl groups is 1. The zero-order valence-electron chi connectivity index (χ0n) is 11.1. The van der Waals surface area contributed by atoms with Gasteiger partial charge in [-0.25, -0.2) is 4.98 Å². The number of pyridine rings is 1. The summed E-state index contributed by atoms with van der Waals surface area (Å²) in [5.74, 6) is 2.06. The van der Waals surface area contributed by atoms with E-state index in [2.05, 4.69) is 10.3 Å². The second kappa shape index (κ2) is 5.47. The van der Waals surface area contributed by atoms with Gasteiger partial charge in [0.25, 0.3) is 0 Å². The van der Waals surface area contributed by atoms with Crippen LogP contribution in [0.1, 0.15) is 32.1 Å². The quantitative estimate of drug-likeness (QED) is 0.871. The van der Waals surface area contributed by atoms with Crippen LogP contribution in [0.2, 0.25) is 0 Å². The molecule has 1 aromatic heterocycles. The van der Waals surface area contributed by atoms with Gasteiger partial charge in [0, 0.05) is 18.1 Å². The maximum atomic E-state index is 9.60. The lowest BCUT2D eigenvalue weighted by molar-refractivity contribution is 0.476. The normalized spacial score (nSPS) is 16.0. The molecule has 3 nitrogen and oxygen atoms in total. The van der Waals surface area contributed by atoms with Crippen molar-refractivity contribution in [2.24, 2.45) is 5.92 Å². The monoisotopic (exact) mass is 256 g/mol. The molecular formula is C16H20N2O. The Morgan fingerprint density at radius 1 is 1.21 bits per heavy atom. The molecule has 0 unspecified atom stereocenters. The van der Waals surface area contributed by atoms with Gasteiger partial charge in [0.2, 0.25) is 0 Å². The Labute approximate surface area is 113 Å². The minimum atomic E-state index is 0.291. The Morgan fingerprint density at radius 2 is 2.05 bits per heavy atom. The highest BCUT2D eigenvalue weighted by molar-refractivity contribution is 5.92. The zero-order chi connectivity index (χ0) is 13.1. The Kier molecular flexibility index (Phi) is 3.53. The van der Waals surface area contributed by atoms with Crippen molar-refractivity contribution in [1.82, 2.24) is 4.98 Å². The van der Waals surface area contributed by atoms with Crippen LogP contribution in [-0.2, 0) is 0 Å². The number of hydrogen-bond acceptors (Lipinski definition) is 3. The van der Waals surface area contributed by atoms with Crippen LogP contribution in [-0.4, -0.2) is 16.6 Å². The van der Waals surface area contributed by atoms with Gasteiger partial charge in [-0.05, 0) is 35.9 Å². The zero-order valence-corrected chi connectivity index (χ0v) is 11.1. The van der Waals surface area contributed by atoms with Gasteiger partial charge in [0.05, 0.1) is 0 Å². The van der Waals surface area contributed by atoms with Gasteiger partial charge in [-0.15, -0.1) is 0 Å². The number of hydrogen-bond donors (Lipinski definition) is 2. The standard InChI is InChI=1S/C16H20N2O/c19-14-6-5-13-8-10-18-16(15(13)11-14)17-9-7-12-3-1-2-4-12/h5-6,8,10-12,19H,1-4,7,9H2,(H,17,18). The molecule has 0 atom stereocenters. The average Bonchev–Trinajstić information content (AvgIpc) is 2.92. The summed E-state index contributed by atoms with van der Waals surface area (Å²) in [7, 11) is 0. The lowest BCUT2D eigenvalue weighted by Crippen LogP contribution is -2.08. The van der Waals surface area contributed by atoms with Crippen LogP contribution >= 0.6 is 0 Å². The van der Waals surface area contributed by atoms with E-state index in [9.17, 15) is 5.11 Å². The van der Waals surface area contributed by atoms with E-state index in [-0.39, 0.29) is 0 Å². The summed E-state index contributed by atoms with van der Waals surface area (Å²) in [6, 6.07) is 7.39. The summed E-state index contributed by atoms with van der Waals surface area (Å²) in [6.07, 6.45) is 8.58. The van der Waals surface area contributed by atoms with Gasteiger partial charge in [-0.1, -0.05) is 31.7 Å². The molecule has 1 fully saturated rings. The number of nitrogens with one attached hydrogen (secondary N) is 1. The second-order valence-corrected chi connectivity index (χ2v) is 5.43. The fraction of sp³-hybridized carbons (Fsp3) is 0.438. The average molecular weight is 256 g/mol. The minimum absolute atomic E-state index is 0.291. The molecule has 1 saturated carbocycles. The van der Waals surface area contributed by atoms with E-state index in [4.69, 9.17) is 0 Å². The number of fused-ring (bicyclic) bond motifs is 1. The summed E-state index contributed by atoms with van der Waals surface area (Å²) in [6.45, 7) is 0.965. The molecule has 0 radical (unpaired) electrons. The predicted molar refractivity (Wildman–Crippen MR) is 78.5 cm³/mol. The van der Waals surface area contributed by atoms with Crippen LogP contribution in [0.3, 0.4) is 0 Å². The number of benzene rings is 1. The topological polar surface area (TPSA) is 45.2 Å². The van der Waals surface area contributed by atoms with Crippen LogP contribution in [0.25, 0.3) is 10.8 Å². The Balaban J connectivity index is 1.71. The molecule has 0 aliphatic heterocycles. The van der Waals surface area contributed by atoms with Gasteiger partial charge < -0.3 is 10.4 Å². The van der Waals surface area contributed by atoms with E-state index in [1.165, 1.54) is 32.1 Å². The molecule has 1 heterocycles. The van der Waals surface area contributed by atoms with Crippen LogP contribution in [0.15, 0.2) is 30.5 Å². The maximum Gasteiger partial charge on any atom is 0.133 e. The molecule has 3 heteroatoms. The maximum absolute atomic E-state index is 9.60. The summed E-state index contributed by atoms with van der Waals surface area (Å²) in [4.78, 5) is 4.39. The summed E-state index contributed by atoms with van der Waals surface area (Å²) in [5.41, 5.74) is 0. The first-order valence-electron chi connectivity index (χ1n) is 7.14. The molecule has 1 aliphatic carbocycles. The molecule has 0 bridgehead atoms. The molecule has 0 saturated heterocycles. The number of phenolic OH excluding ortho intramolecular Hbond substituents is 1. The third-order valence-corrected chi connectivity index (χ3v) is 4.07. The van der Waals surface area contributed by atoms with Gasteiger partial charge >= 0.3 is 0 Å². The second-order valence-electron chi connectivity index (χ2n) is 5.43. The summed E-state index contributed by atoms with van der Waals surface area (Å²) in [5, 5.41) is 15.1. The molecule has 0 spiro atoms. The van der Waals surface area contributed by atoms with E-state index in [0.717, 1.165) is 29.1 Å². The molecule has 2 aromatic rings. The highest BCUT2D eigenvalue weighted by Crippen LogP contribution is 2.28. The van der Waals surface area contributed by atoms with Crippen molar-refractivity contribution >= 4 is 16.6 Å². The highest BCUT2D eigenvalue weighted by atomic mass is 16.3. The molecule has 1 aromatic carbocycles. The summed E-state index contributed by atoms with van der Waals surface area (Å²) < 4.78 is 0. The van der Waals surface area contributed by atoms with E-state index in [1.807, 2.05) is 18.3 Å². The number of phenols is 1. The first kappa shape index (κ1) is 12.3. The van der Waals surface area contributed by atoms with Crippen molar-refractivity contribution in [2.45, 2.75) is 32.1 Å². The van der Waals surface area contributed by atoms with E-state index in [1.54, 1.807) is 12.1 Å². The highest BCUT2D eigenvalue weighted by Gasteiger charge is 2.14. The van der Waals surface area contributed by atoms with Crippen molar-refractivity contribution < 1.29 is 5.11 Å². The Morgan fingerprint density at radius 3 is 2.89 bits per heavy atom. The first-order chi connectivity index (χ1) is 9.33. The predicted octanol–water partition coefficient (Wildman–Crippen LogP) is 3.93. The van der Waals surface area contributed by atoms with Crippen molar-refractivity contribution in [3.8, 4) is 5.75 Å². The smallest absolute Gasteiger partial charge is 0.133 e. The van der Waals surface area contributed by atoms with Crippen molar-refractivity contribution in [1.29, 1.82) is 0 Å². The van der Waals surface area contributed by atoms with Crippen LogP contribution in [0, 0.1) is 5.92 Å². The number of aromatic nitrogens is 1. The third-order valence-electron chi connectivity index (χ3n) is 4.07. The summed E-state index contributed by atoms with van der Waals surface area (Å²) >= 11 is 0. The van der Waals surface area contributed by atoms with Crippen molar-refractivity contribution in [3.63, 3.8) is 0 Å². The minimum Gasteiger partial charge on any atom is -0.508 e. The van der Waals surface area contributed by atoms with Gasteiger partial charge in [-0.2, -0.15) is 0 Å². The fourth-order valence-electron chi connectivity index (χ4n) is 2.99. The van der Waals surface area contributed by atoms with E-state index in [0.29, 0.717) is 5.75 Å². The van der Waals surface area contributed by atoms with Gasteiger partial charge in [0.15, 0.2) is 0 Å². The SMILES string of the molecule is Oc1ccc2ccnc(NCCC3CCCC3)c2c1. The molecule has 2 N–H and O–H groups in total. The third kappa shape index (κ3) is 2.80. The van der Waals surface area contributed by atoms with E-state index >= 15 is 0 Å². The molecule has 1 aliphatic rings. The molecule has 100 valence electrons. The van der Waals surface area contributed by atoms with Crippen molar-refractivity contribution in [3.05, 3.63) is 30.5 Å². The lowest BCUT2D eigenvalue weighted by atomic mass is 10.0. The first-order valence-corrected chi connectivity index (χ1v) is 7.14. The van der Waals surface area contributed by atoms with Crippen LogP contribution < -0.4 is 5.32 Å². The van der Waals surface area contributed by atoms with Gasteiger partial charge in [0.1, 0.15) is 11.6 Å². The van der Waals surface area contributed by atoms with Gasteiger partial charge in [-0.3, -0.25) is 0 Å². The van der Waals surface area contributed by atoms with Crippen LogP contribution in [0.4, 0.5) is 5.82 Å². The fourth-order valence-corrected chi connectivity index (χ4v) is 2.99. The molecular weight excluding hydrogens is 236 g/mol. The number of rotatable bonds is 4.